The van der Waals surface area contributed by atoms with Crippen molar-refractivity contribution in [2.75, 3.05) is 13.2 Å². The van der Waals surface area contributed by atoms with Gasteiger partial charge >= 0.3 is 0 Å². The first-order valence-electron chi connectivity index (χ1n) is 9.92. The Bertz CT molecular complexity index is 627. The van der Waals surface area contributed by atoms with Crippen LogP contribution in [0.4, 0.5) is 0 Å². The van der Waals surface area contributed by atoms with Gasteiger partial charge in [-0.2, -0.15) is 0 Å². The molecule has 1 heterocycles. The summed E-state index contributed by atoms with van der Waals surface area (Å²) < 4.78 is 24.5. The molecule has 4 nitrogen and oxygen atoms in total. The number of hydrogen-bond donors (Lipinski definition) is 0. The van der Waals surface area contributed by atoms with Crippen LogP contribution in [0.1, 0.15) is 36.8 Å². The number of hydrogen-bond acceptors (Lipinski definition) is 4. The molecule has 0 unspecified atom stereocenters. The van der Waals surface area contributed by atoms with Gasteiger partial charge in [0.2, 0.25) is 0 Å². The van der Waals surface area contributed by atoms with Gasteiger partial charge in [-0.3, -0.25) is 0 Å². The van der Waals surface area contributed by atoms with Gasteiger partial charge in [-0.1, -0.05) is 60.7 Å². The Morgan fingerprint density at radius 1 is 0.704 bits per heavy atom. The van der Waals surface area contributed by atoms with E-state index in [1.807, 2.05) is 36.4 Å². The van der Waals surface area contributed by atoms with Crippen molar-refractivity contribution >= 4 is 0 Å². The van der Waals surface area contributed by atoms with Crippen molar-refractivity contribution in [1.82, 2.24) is 0 Å². The van der Waals surface area contributed by atoms with Crippen LogP contribution in [-0.4, -0.2) is 31.2 Å². The van der Waals surface area contributed by atoms with Crippen LogP contribution in [-0.2, 0) is 32.2 Å². The predicted molar refractivity (Wildman–Crippen MR) is 103 cm³/mol. The van der Waals surface area contributed by atoms with Crippen molar-refractivity contribution in [3.8, 4) is 0 Å². The number of benzene rings is 2. The fourth-order valence-corrected chi connectivity index (χ4v) is 3.94. The molecule has 2 aromatic rings. The fraction of sp³-hybridized carbons (Fsp3) is 0.478. The Balaban J connectivity index is 1.41. The molecular formula is C23H28O4. The molecule has 1 aliphatic carbocycles. The van der Waals surface area contributed by atoms with Gasteiger partial charge in [-0.25, -0.2) is 0 Å². The first kappa shape index (κ1) is 18.6. The van der Waals surface area contributed by atoms with E-state index in [0.29, 0.717) is 26.4 Å². The quantitative estimate of drug-likeness (QED) is 0.754. The molecular weight excluding hydrogens is 340 g/mol. The Morgan fingerprint density at radius 2 is 1.15 bits per heavy atom. The second kappa shape index (κ2) is 8.98. The van der Waals surface area contributed by atoms with Crippen LogP contribution in [0.25, 0.3) is 0 Å². The van der Waals surface area contributed by atoms with Gasteiger partial charge in [0.15, 0.2) is 5.79 Å². The van der Waals surface area contributed by atoms with E-state index in [1.165, 1.54) is 11.1 Å². The van der Waals surface area contributed by atoms with Crippen LogP contribution in [0.5, 0.6) is 0 Å². The molecule has 2 aromatic carbocycles. The van der Waals surface area contributed by atoms with Crippen molar-refractivity contribution in [3.63, 3.8) is 0 Å². The summed E-state index contributed by atoms with van der Waals surface area (Å²) in [4.78, 5) is 0. The van der Waals surface area contributed by atoms with Gasteiger partial charge < -0.3 is 18.9 Å². The normalized spacial score (nSPS) is 24.7. The predicted octanol–water partition coefficient (Wildman–Crippen LogP) is 4.47. The summed E-state index contributed by atoms with van der Waals surface area (Å²) in [7, 11) is 0. The van der Waals surface area contributed by atoms with E-state index >= 15 is 0 Å². The third-order valence-corrected chi connectivity index (χ3v) is 5.46. The minimum absolute atomic E-state index is 0.0427. The Morgan fingerprint density at radius 3 is 1.59 bits per heavy atom. The molecule has 0 bridgehead atoms. The molecule has 1 aliphatic heterocycles. The standard InChI is InChI=1S/C23H28O4/c1-3-7-19(8-4-1)17-24-21-11-13-23(26-15-16-27-23)14-12-22(21)25-18-20-9-5-2-6-10-20/h1-10,21-22H,11-18H2/t21-,22+. The van der Waals surface area contributed by atoms with Crippen molar-refractivity contribution in [3.05, 3.63) is 71.8 Å². The molecule has 2 fully saturated rings. The lowest BCUT2D eigenvalue weighted by atomic mass is 10.1. The van der Waals surface area contributed by atoms with Crippen LogP contribution in [0, 0.1) is 0 Å². The van der Waals surface area contributed by atoms with Crippen LogP contribution in [0.15, 0.2) is 60.7 Å². The molecule has 0 aromatic heterocycles. The minimum atomic E-state index is -0.431. The molecule has 144 valence electrons. The third kappa shape index (κ3) is 4.96. The zero-order valence-corrected chi connectivity index (χ0v) is 15.7. The lowest BCUT2D eigenvalue weighted by Crippen LogP contribution is -2.30. The van der Waals surface area contributed by atoms with Crippen molar-refractivity contribution in [2.24, 2.45) is 0 Å². The Kier molecular flexibility index (Phi) is 6.20. The molecule has 1 spiro atoms. The third-order valence-electron chi connectivity index (χ3n) is 5.46. The van der Waals surface area contributed by atoms with Crippen LogP contribution in [0.2, 0.25) is 0 Å². The van der Waals surface area contributed by atoms with Gasteiger partial charge in [-0.15, -0.1) is 0 Å². The van der Waals surface area contributed by atoms with Gasteiger partial charge in [0, 0.05) is 12.8 Å². The highest BCUT2D eigenvalue weighted by molar-refractivity contribution is 5.14. The maximum Gasteiger partial charge on any atom is 0.168 e. The molecule has 0 N–H and O–H groups in total. The monoisotopic (exact) mass is 368 g/mol. The Labute approximate surface area is 161 Å². The number of rotatable bonds is 6. The lowest BCUT2D eigenvalue weighted by molar-refractivity contribution is -0.167. The lowest BCUT2D eigenvalue weighted by Gasteiger charge is -2.25. The van der Waals surface area contributed by atoms with E-state index in [9.17, 15) is 0 Å². The summed E-state index contributed by atoms with van der Waals surface area (Å²) in [6.07, 6.45) is 3.57. The fourth-order valence-electron chi connectivity index (χ4n) is 3.94. The van der Waals surface area contributed by atoms with Crippen LogP contribution >= 0.6 is 0 Å². The summed E-state index contributed by atoms with van der Waals surface area (Å²) >= 11 is 0. The maximum absolute atomic E-state index is 6.32. The van der Waals surface area contributed by atoms with E-state index in [2.05, 4.69) is 24.3 Å². The molecule has 0 amide bonds. The van der Waals surface area contributed by atoms with Gasteiger partial charge in [-0.05, 0) is 24.0 Å². The van der Waals surface area contributed by atoms with E-state index in [0.717, 1.165) is 25.7 Å². The van der Waals surface area contributed by atoms with Gasteiger partial charge in [0.05, 0.1) is 38.6 Å². The first-order valence-corrected chi connectivity index (χ1v) is 9.92. The highest BCUT2D eigenvalue weighted by atomic mass is 16.7. The summed E-state index contributed by atoms with van der Waals surface area (Å²) in [5.41, 5.74) is 2.37. The van der Waals surface area contributed by atoms with Gasteiger partial charge in [0.25, 0.3) is 0 Å². The molecule has 4 rings (SSSR count). The highest BCUT2D eigenvalue weighted by Gasteiger charge is 2.42. The average molecular weight is 368 g/mol. The number of ether oxygens (including phenoxy) is 4. The molecule has 2 aliphatic rings. The topological polar surface area (TPSA) is 36.9 Å². The van der Waals surface area contributed by atoms with E-state index < -0.39 is 5.79 Å². The van der Waals surface area contributed by atoms with E-state index in [4.69, 9.17) is 18.9 Å². The zero-order chi connectivity index (χ0) is 18.4. The SMILES string of the molecule is c1ccc(CO[C@H]2CCC3(CC[C@H]2OCc2ccccc2)OCCO3)cc1. The van der Waals surface area contributed by atoms with Gasteiger partial charge in [0.1, 0.15) is 0 Å². The second-order valence-corrected chi connectivity index (χ2v) is 7.36. The molecule has 27 heavy (non-hydrogen) atoms. The van der Waals surface area contributed by atoms with Crippen molar-refractivity contribution in [2.45, 2.75) is 56.9 Å². The van der Waals surface area contributed by atoms with Crippen LogP contribution in [0.3, 0.4) is 0 Å². The van der Waals surface area contributed by atoms with E-state index in [1.54, 1.807) is 0 Å². The summed E-state index contributed by atoms with van der Waals surface area (Å²) in [6.45, 7) is 2.58. The maximum atomic E-state index is 6.32. The first-order chi connectivity index (χ1) is 13.3. The van der Waals surface area contributed by atoms with Crippen molar-refractivity contribution < 1.29 is 18.9 Å². The molecule has 0 radical (unpaired) electrons. The minimum Gasteiger partial charge on any atom is -0.371 e. The average Bonchev–Trinajstić information content (AvgIpc) is 3.12. The highest BCUT2D eigenvalue weighted by Crippen LogP contribution is 2.37. The summed E-state index contributed by atoms with van der Waals surface area (Å²) in [5, 5.41) is 0. The molecule has 1 saturated carbocycles. The summed E-state index contributed by atoms with van der Waals surface area (Å²) in [6, 6.07) is 20.6. The second-order valence-electron chi connectivity index (χ2n) is 7.36. The smallest absolute Gasteiger partial charge is 0.168 e. The molecule has 2 atom stereocenters. The zero-order valence-electron chi connectivity index (χ0n) is 15.7. The summed E-state index contributed by atoms with van der Waals surface area (Å²) in [5.74, 6) is -0.431. The van der Waals surface area contributed by atoms with Crippen LogP contribution < -0.4 is 0 Å². The Hall–Kier alpha value is -1.72. The molecule has 1 saturated heterocycles. The van der Waals surface area contributed by atoms with Crippen molar-refractivity contribution in [1.29, 1.82) is 0 Å². The largest absolute Gasteiger partial charge is 0.371 e. The van der Waals surface area contributed by atoms with E-state index in [-0.39, 0.29) is 12.2 Å². The molecule has 4 heteroatoms.